The number of rotatable bonds is 18. The van der Waals surface area contributed by atoms with E-state index in [9.17, 15) is 5.48 Å². The van der Waals surface area contributed by atoms with Crippen LogP contribution in [-0.2, 0) is 32.5 Å². The van der Waals surface area contributed by atoms with Crippen molar-refractivity contribution in [1.82, 2.24) is 0 Å². The van der Waals surface area contributed by atoms with Gasteiger partial charge in [0.2, 0.25) is 0 Å². The second-order valence-corrected chi connectivity index (χ2v) is 37.5. The predicted molar refractivity (Wildman–Crippen MR) is 438 cm³/mol. The molecule has 0 aliphatic heterocycles. The van der Waals surface area contributed by atoms with E-state index in [0.29, 0.717) is 0 Å². The van der Waals surface area contributed by atoms with Crippen LogP contribution in [0.25, 0.3) is 0 Å². The van der Waals surface area contributed by atoms with Crippen LogP contribution in [0.1, 0.15) is 406 Å². The van der Waals surface area contributed by atoms with Gasteiger partial charge in [-0.05, 0) is 202 Å². The van der Waals surface area contributed by atoms with Crippen LogP contribution in [0.5, 0.6) is 0 Å². The maximum Gasteiger partial charge on any atom is 0.0453 e. The molecule has 0 saturated heterocycles. The molecule has 0 radical (unpaired) electrons. The Kier molecular flexibility index (Phi) is 21.0. The molecule has 0 fully saturated rings. The van der Waals surface area contributed by atoms with E-state index >= 15 is 0 Å². The average molecular weight is 1340 g/mol. The van der Waals surface area contributed by atoms with E-state index in [1.807, 2.05) is 0 Å². The molecule has 0 spiro atoms. The molecule has 0 saturated carbocycles. The van der Waals surface area contributed by atoms with Gasteiger partial charge in [-0.3, -0.25) is 0 Å². The molecule has 0 atom stereocenters. The Bertz CT molecular complexity index is 3830. The molecule has 9 rings (SSSR count). The van der Waals surface area contributed by atoms with E-state index in [1.165, 1.54) is 33.4 Å². The number of hydrogen-bond acceptors (Lipinski definition) is 0. The first-order valence-electron chi connectivity index (χ1n) is 40.1. The molecular formula is C100H130. The van der Waals surface area contributed by atoms with Crippen LogP contribution in [0.2, 0.25) is 0 Å². The summed E-state index contributed by atoms with van der Waals surface area (Å²) >= 11 is 0. The highest BCUT2D eigenvalue weighted by atomic mass is 14.4. The van der Waals surface area contributed by atoms with Gasteiger partial charge in [-0.1, -0.05) is 390 Å². The largest absolute Gasteiger partial charge is 0.0587 e. The third kappa shape index (κ3) is 16.9. The van der Waals surface area contributed by atoms with E-state index in [4.69, 9.17) is 0 Å². The summed E-state index contributed by atoms with van der Waals surface area (Å²) in [6.07, 6.45) is 0. The van der Waals surface area contributed by atoms with Crippen LogP contribution < -0.4 is 0 Å². The quantitative estimate of drug-likeness (QED) is 0.0751. The molecule has 0 aliphatic carbocycles. The van der Waals surface area contributed by atoms with E-state index in [-0.39, 0.29) is 68.0 Å². The van der Waals surface area contributed by atoms with Crippen LogP contribution in [0.3, 0.4) is 0 Å². The maximum absolute atomic E-state index is 13.2. The van der Waals surface area contributed by atoms with Crippen LogP contribution in [0, 0.1) is 0 Å². The normalized spacial score (nSPS) is 14.2. The molecule has 9 aromatic rings. The summed E-state index contributed by atoms with van der Waals surface area (Å²) in [4.78, 5) is 0. The maximum atomic E-state index is 13.2. The summed E-state index contributed by atoms with van der Waals surface area (Å²) in [5.74, 6) is -6.60. The van der Waals surface area contributed by atoms with Crippen molar-refractivity contribution in [2.45, 2.75) is 299 Å². The Morgan fingerprint density at radius 2 is 0.280 bits per heavy atom. The molecule has 0 aromatic heterocycles. The molecule has 0 unspecified atom stereocenters. The highest BCUT2D eigenvalue weighted by Gasteiger charge is 2.36. The Morgan fingerprint density at radius 1 is 0.170 bits per heavy atom. The monoisotopic (exact) mass is 1340 g/mol. The summed E-state index contributed by atoms with van der Waals surface area (Å²) in [5.41, 5.74) is 22.8. The fourth-order valence-electron chi connectivity index (χ4n) is 14.8. The predicted octanol–water partition coefficient (Wildman–Crippen LogP) is 28.9. The fourth-order valence-corrected chi connectivity index (χ4v) is 14.8. The van der Waals surface area contributed by atoms with Gasteiger partial charge in [-0.2, -0.15) is 0 Å². The van der Waals surface area contributed by atoms with Crippen LogP contribution >= 0.6 is 0 Å². The Balaban J connectivity index is 1.60. The smallest absolute Gasteiger partial charge is 0.0453 e. The van der Waals surface area contributed by atoms with Crippen molar-refractivity contribution in [3.8, 4) is 0 Å². The van der Waals surface area contributed by atoms with Gasteiger partial charge < -0.3 is 0 Å². The molecule has 0 amide bonds. The fraction of sp³-hybridized carbons (Fsp3) is 0.460. The van der Waals surface area contributed by atoms with Gasteiger partial charge in [-0.15, -0.1) is 0 Å². The highest BCUT2D eigenvalue weighted by molar-refractivity contribution is 5.64. The van der Waals surface area contributed by atoms with Crippen molar-refractivity contribution < 1.29 is 5.48 Å². The molecule has 0 heteroatoms. The van der Waals surface area contributed by atoms with Gasteiger partial charge in [0.05, 0.1) is 0 Å². The molecule has 530 valence electrons. The van der Waals surface area contributed by atoms with Gasteiger partial charge in [0.1, 0.15) is 0 Å². The summed E-state index contributed by atoms with van der Waals surface area (Å²) in [5, 5.41) is 0. The first-order chi connectivity index (χ1) is 47.8. The topological polar surface area (TPSA) is 0 Å². The van der Waals surface area contributed by atoms with E-state index < -0.39 is 23.6 Å². The van der Waals surface area contributed by atoms with Crippen LogP contribution in [0.15, 0.2) is 182 Å². The lowest BCUT2D eigenvalue weighted by Crippen LogP contribution is -2.20. The summed E-state index contributed by atoms with van der Waals surface area (Å²) in [6, 6.07) is 67.4. The molecule has 9 aromatic carbocycles. The van der Waals surface area contributed by atoms with Gasteiger partial charge in [0.25, 0.3) is 0 Å². The zero-order valence-corrected chi connectivity index (χ0v) is 67.8. The lowest BCUT2D eigenvalue weighted by atomic mass is 9.68. The van der Waals surface area contributed by atoms with Gasteiger partial charge in [-0.25, -0.2) is 0 Å². The second-order valence-electron chi connectivity index (χ2n) is 37.5. The van der Waals surface area contributed by atoms with Crippen molar-refractivity contribution in [1.29, 1.82) is 0 Å². The van der Waals surface area contributed by atoms with Gasteiger partial charge in [0, 0.05) is 29.1 Å². The summed E-state index contributed by atoms with van der Waals surface area (Å²) in [7, 11) is 0. The standard InChI is InChI=1S/C100H130/c1-61(2)79-55-82(64(7)8)88(58-85(79)91(67-31-43-73(44-32-67)95(13,14)15)68-33-45-74(46-34-68)96(16,17)18)94(89-59-86(80(62(3)4)56-83(89)65(9)10)92(69-35-47-75(48-36-69)97(19,20)21)70-37-49-76(50-38-70)98(22,23)24)90-60-87(81(63(5)6)57-84(90)66(11)12)93(71-39-51-77(52-40-71)99(25,26)27)72-41-53-78(54-42-72)100(28,29)30/h31-66,91-94H,1-30H3/i91D,92D,93D,94D. The Hall–Kier alpha value is -7.02. The van der Waals surface area contributed by atoms with Crippen molar-refractivity contribution in [2.75, 3.05) is 0 Å². The number of hydrogen-bond donors (Lipinski definition) is 0. The van der Waals surface area contributed by atoms with Crippen molar-refractivity contribution >= 4 is 0 Å². The molecule has 0 aliphatic rings. The third-order valence-corrected chi connectivity index (χ3v) is 21.3. The van der Waals surface area contributed by atoms with E-state index in [1.54, 1.807) is 0 Å². The minimum Gasteiger partial charge on any atom is -0.0587 e. The summed E-state index contributed by atoms with van der Waals surface area (Å²) < 4.78 is 48.9. The lowest BCUT2D eigenvalue weighted by molar-refractivity contribution is 0.589. The SMILES string of the molecule is [2H]C(c1ccc(C(C)(C)C)cc1)(c1ccc(C(C)(C)C)cc1)c1cc(C([2H])(c2cc(C([2H])(c3ccc(C(C)(C)C)cc3)c3ccc(C(C)(C)C)cc3)c(C(C)C)cc2C(C)C)c2cc(C([2H])(c3ccc(C(C)(C)C)cc3)c3ccc(C(C)(C)C)cc3)c(C(C)C)cc2C(C)C)c(C(C)C)cc1C(C)C. The number of benzene rings is 9. The molecule has 0 bridgehead atoms. The zero-order valence-electron chi connectivity index (χ0n) is 71.8. The third-order valence-electron chi connectivity index (χ3n) is 21.3. The Morgan fingerprint density at radius 3 is 0.390 bits per heavy atom. The van der Waals surface area contributed by atoms with Gasteiger partial charge in [0.15, 0.2) is 0 Å². The summed E-state index contributed by atoms with van der Waals surface area (Å²) in [6.45, 7) is 67.9. The average Bonchev–Trinajstić information content (AvgIpc) is 0.702. The first kappa shape index (κ1) is 71.4. The minimum atomic E-state index is -1.80. The van der Waals surface area contributed by atoms with Gasteiger partial charge >= 0.3 is 0 Å². The van der Waals surface area contributed by atoms with E-state index in [0.717, 1.165) is 100 Å². The lowest BCUT2D eigenvalue weighted by Gasteiger charge is -2.35. The molecule has 0 nitrogen and oxygen atoms in total. The van der Waals surface area contributed by atoms with Crippen molar-refractivity contribution in [3.63, 3.8) is 0 Å². The highest BCUT2D eigenvalue weighted by Crippen LogP contribution is 2.52. The zero-order chi connectivity index (χ0) is 77.5. The minimum absolute atomic E-state index is 0.0213. The van der Waals surface area contributed by atoms with Crippen molar-refractivity contribution in [3.05, 3.63) is 316 Å². The first-order valence-corrected chi connectivity index (χ1v) is 38.1. The molecular weight excluding hydrogens is 1200 g/mol. The van der Waals surface area contributed by atoms with E-state index in [2.05, 4.69) is 390 Å². The molecule has 0 heterocycles. The molecule has 0 N–H and O–H groups in total. The van der Waals surface area contributed by atoms with Crippen LogP contribution in [-0.4, -0.2) is 0 Å². The Labute approximate surface area is 616 Å². The second kappa shape index (κ2) is 29.4. The molecule has 100 heavy (non-hydrogen) atoms. The van der Waals surface area contributed by atoms with Crippen LogP contribution in [0.4, 0.5) is 0 Å². The van der Waals surface area contributed by atoms with Crippen molar-refractivity contribution in [2.24, 2.45) is 0 Å².